The van der Waals surface area contributed by atoms with Gasteiger partial charge in [0.15, 0.2) is 0 Å². The average Bonchev–Trinajstić information content (AvgIpc) is 2.93. The van der Waals surface area contributed by atoms with Crippen LogP contribution in [0.25, 0.3) is 0 Å². The highest BCUT2D eigenvalue weighted by Crippen LogP contribution is 2.15. The van der Waals surface area contributed by atoms with Gasteiger partial charge >= 0.3 is 0 Å². The number of hydrogen-bond acceptors (Lipinski definition) is 2. The van der Waals surface area contributed by atoms with Crippen LogP contribution in [-0.2, 0) is 13.0 Å². The zero-order chi connectivity index (χ0) is 14.5. The average molecular weight is 348 g/mol. The van der Waals surface area contributed by atoms with Crippen LogP contribution in [0.2, 0.25) is 0 Å². The molecule has 1 aliphatic rings. The molecule has 0 amide bonds. The van der Waals surface area contributed by atoms with Crippen LogP contribution in [0.3, 0.4) is 0 Å². The van der Waals surface area contributed by atoms with Crippen LogP contribution in [0.1, 0.15) is 30.7 Å². The topological polar surface area (TPSA) is 21.1 Å². The quantitative estimate of drug-likeness (QED) is 0.821. The van der Waals surface area contributed by atoms with Gasteiger partial charge in [0.1, 0.15) is 5.82 Å². The maximum Gasteiger partial charge on any atom is 0.113 e. The predicted octanol–water partition coefficient (Wildman–Crippen LogP) is 3.72. The Bertz CT molecular complexity index is 573. The minimum absolute atomic E-state index is 0.895. The Hall–Kier alpha value is -1.13. The molecule has 112 valence electrons. The van der Waals surface area contributed by atoms with Crippen molar-refractivity contribution in [1.29, 1.82) is 0 Å². The maximum atomic E-state index is 4.53. The monoisotopic (exact) mass is 347 g/mol. The molecule has 0 saturated carbocycles. The molecule has 0 bridgehead atoms. The van der Waals surface area contributed by atoms with Gasteiger partial charge in [-0.1, -0.05) is 34.5 Å². The van der Waals surface area contributed by atoms with E-state index in [-0.39, 0.29) is 0 Å². The standard InChI is InChI=1S/C17H22BrN3/c18-16-6-4-5-15(13-16)14-17-19-7-10-21(17)12-11-20-8-2-1-3-9-20/h4-7,10,13H,1-3,8-9,11-12,14H2. The minimum Gasteiger partial charge on any atom is -0.333 e. The zero-order valence-corrected chi connectivity index (χ0v) is 13.9. The van der Waals surface area contributed by atoms with E-state index in [9.17, 15) is 0 Å². The summed E-state index contributed by atoms with van der Waals surface area (Å²) in [4.78, 5) is 7.11. The second-order valence-electron chi connectivity index (χ2n) is 5.75. The van der Waals surface area contributed by atoms with Crippen molar-refractivity contribution in [2.75, 3.05) is 19.6 Å². The van der Waals surface area contributed by atoms with E-state index in [1.54, 1.807) is 0 Å². The lowest BCUT2D eigenvalue weighted by atomic mass is 10.1. The Balaban J connectivity index is 1.60. The van der Waals surface area contributed by atoms with E-state index in [0.717, 1.165) is 29.8 Å². The first-order chi connectivity index (χ1) is 10.3. The van der Waals surface area contributed by atoms with E-state index >= 15 is 0 Å². The highest BCUT2D eigenvalue weighted by Gasteiger charge is 2.11. The third kappa shape index (κ3) is 4.17. The SMILES string of the molecule is Brc1cccc(Cc2nccn2CCN2CCCCC2)c1. The molecule has 0 atom stereocenters. The number of hydrogen-bond donors (Lipinski definition) is 0. The number of halogens is 1. The lowest BCUT2D eigenvalue weighted by Gasteiger charge is -2.26. The summed E-state index contributed by atoms with van der Waals surface area (Å²) in [5.74, 6) is 1.16. The molecule has 2 aromatic rings. The van der Waals surface area contributed by atoms with Crippen LogP contribution in [0.5, 0.6) is 0 Å². The first-order valence-electron chi connectivity index (χ1n) is 7.78. The number of benzene rings is 1. The summed E-state index contributed by atoms with van der Waals surface area (Å²) in [5, 5.41) is 0. The van der Waals surface area contributed by atoms with Gasteiger partial charge < -0.3 is 9.47 Å². The Morgan fingerprint density at radius 3 is 2.76 bits per heavy atom. The molecule has 1 saturated heterocycles. The maximum absolute atomic E-state index is 4.53. The highest BCUT2D eigenvalue weighted by atomic mass is 79.9. The molecule has 0 unspecified atom stereocenters. The Morgan fingerprint density at radius 1 is 1.10 bits per heavy atom. The van der Waals surface area contributed by atoms with E-state index in [4.69, 9.17) is 0 Å². The van der Waals surface area contributed by atoms with Gasteiger partial charge in [0, 0.05) is 36.4 Å². The second kappa shape index (κ2) is 7.23. The molecule has 2 heterocycles. The number of nitrogens with zero attached hydrogens (tertiary/aromatic N) is 3. The molecule has 0 spiro atoms. The first-order valence-corrected chi connectivity index (χ1v) is 8.57. The van der Waals surface area contributed by atoms with E-state index in [2.05, 4.69) is 60.8 Å². The van der Waals surface area contributed by atoms with Crippen molar-refractivity contribution in [2.24, 2.45) is 0 Å². The lowest BCUT2D eigenvalue weighted by molar-refractivity contribution is 0.220. The molecule has 1 aliphatic heterocycles. The number of aromatic nitrogens is 2. The summed E-state index contributed by atoms with van der Waals surface area (Å²) in [6.07, 6.45) is 9.03. The fourth-order valence-corrected chi connectivity index (χ4v) is 3.42. The van der Waals surface area contributed by atoms with Gasteiger partial charge in [-0.2, -0.15) is 0 Å². The molecule has 0 aliphatic carbocycles. The number of rotatable bonds is 5. The molecule has 21 heavy (non-hydrogen) atoms. The zero-order valence-electron chi connectivity index (χ0n) is 12.3. The van der Waals surface area contributed by atoms with Gasteiger partial charge in [-0.15, -0.1) is 0 Å². The molecule has 3 nitrogen and oxygen atoms in total. The van der Waals surface area contributed by atoms with E-state index in [0.29, 0.717) is 0 Å². The van der Waals surface area contributed by atoms with E-state index in [1.165, 1.54) is 37.9 Å². The van der Waals surface area contributed by atoms with Gasteiger partial charge in [-0.25, -0.2) is 4.98 Å². The Labute approximate surface area is 135 Å². The summed E-state index contributed by atoms with van der Waals surface area (Å²) in [6.45, 7) is 4.70. The van der Waals surface area contributed by atoms with Gasteiger partial charge in [0.2, 0.25) is 0 Å². The van der Waals surface area contributed by atoms with Crippen LogP contribution >= 0.6 is 15.9 Å². The molecule has 1 aromatic heterocycles. The molecule has 3 rings (SSSR count). The first kappa shape index (κ1) is 14.8. The van der Waals surface area contributed by atoms with Crippen LogP contribution in [0, 0.1) is 0 Å². The summed E-state index contributed by atoms with van der Waals surface area (Å²) in [5.41, 5.74) is 1.30. The van der Waals surface area contributed by atoms with Crippen molar-refractivity contribution >= 4 is 15.9 Å². The van der Waals surface area contributed by atoms with Crippen molar-refractivity contribution < 1.29 is 0 Å². The number of imidazole rings is 1. The number of likely N-dealkylation sites (tertiary alicyclic amines) is 1. The van der Waals surface area contributed by atoms with Crippen LogP contribution < -0.4 is 0 Å². The molecule has 0 radical (unpaired) electrons. The van der Waals surface area contributed by atoms with Gasteiger partial charge in [-0.05, 0) is 43.6 Å². The van der Waals surface area contributed by atoms with Crippen molar-refractivity contribution in [3.05, 3.63) is 52.5 Å². The normalized spacial score (nSPS) is 16.2. The Morgan fingerprint density at radius 2 is 1.95 bits per heavy atom. The summed E-state index contributed by atoms with van der Waals surface area (Å²) in [6, 6.07) is 8.48. The number of piperidine rings is 1. The third-order valence-electron chi connectivity index (χ3n) is 4.16. The van der Waals surface area contributed by atoms with Gasteiger partial charge in [0.05, 0.1) is 0 Å². The smallest absolute Gasteiger partial charge is 0.113 e. The summed E-state index contributed by atoms with van der Waals surface area (Å²) >= 11 is 3.53. The van der Waals surface area contributed by atoms with Crippen molar-refractivity contribution in [3.8, 4) is 0 Å². The Kier molecular flexibility index (Phi) is 5.09. The van der Waals surface area contributed by atoms with Crippen molar-refractivity contribution in [3.63, 3.8) is 0 Å². The van der Waals surface area contributed by atoms with Crippen LogP contribution in [0.4, 0.5) is 0 Å². The molecule has 1 fully saturated rings. The fourth-order valence-electron chi connectivity index (χ4n) is 2.97. The molecular formula is C17H22BrN3. The van der Waals surface area contributed by atoms with Gasteiger partial charge in [0.25, 0.3) is 0 Å². The summed E-state index contributed by atoms with van der Waals surface area (Å²) in [7, 11) is 0. The fraction of sp³-hybridized carbons (Fsp3) is 0.471. The van der Waals surface area contributed by atoms with Crippen LogP contribution in [0.15, 0.2) is 41.1 Å². The van der Waals surface area contributed by atoms with Crippen molar-refractivity contribution in [1.82, 2.24) is 14.5 Å². The predicted molar refractivity (Wildman–Crippen MR) is 89.5 cm³/mol. The van der Waals surface area contributed by atoms with E-state index in [1.807, 2.05) is 6.20 Å². The van der Waals surface area contributed by atoms with E-state index < -0.39 is 0 Å². The largest absolute Gasteiger partial charge is 0.333 e. The third-order valence-corrected chi connectivity index (χ3v) is 4.65. The molecule has 0 N–H and O–H groups in total. The minimum atomic E-state index is 0.895. The van der Waals surface area contributed by atoms with Crippen molar-refractivity contribution in [2.45, 2.75) is 32.2 Å². The molecular weight excluding hydrogens is 326 g/mol. The molecule has 1 aromatic carbocycles. The molecule has 4 heteroatoms. The van der Waals surface area contributed by atoms with Gasteiger partial charge in [-0.3, -0.25) is 0 Å². The summed E-state index contributed by atoms with van der Waals surface area (Å²) < 4.78 is 3.43. The lowest BCUT2D eigenvalue weighted by Crippen LogP contribution is -2.32. The highest BCUT2D eigenvalue weighted by molar-refractivity contribution is 9.10. The van der Waals surface area contributed by atoms with Crippen LogP contribution in [-0.4, -0.2) is 34.1 Å². The second-order valence-corrected chi connectivity index (χ2v) is 6.66.